The molecule has 0 radical (unpaired) electrons. The lowest BCUT2D eigenvalue weighted by atomic mass is 10.1. The van der Waals surface area contributed by atoms with Gasteiger partial charge in [0.25, 0.3) is 0 Å². The summed E-state index contributed by atoms with van der Waals surface area (Å²) in [5, 5.41) is 10.2. The van der Waals surface area contributed by atoms with E-state index in [1.807, 2.05) is 6.92 Å². The molecule has 2 rings (SSSR count). The number of methoxy groups -OCH3 is 2. The first kappa shape index (κ1) is 20.6. The summed E-state index contributed by atoms with van der Waals surface area (Å²) < 4.78 is 32.5. The molecule has 0 spiro atoms. The highest BCUT2D eigenvalue weighted by molar-refractivity contribution is 8.07. The summed E-state index contributed by atoms with van der Waals surface area (Å²) in [5.41, 5.74) is 0. The highest BCUT2D eigenvalue weighted by Crippen LogP contribution is 2.48. The van der Waals surface area contributed by atoms with Gasteiger partial charge in [0.05, 0.1) is 31.5 Å². The van der Waals surface area contributed by atoms with Gasteiger partial charge in [0.1, 0.15) is 24.4 Å². The van der Waals surface area contributed by atoms with Crippen molar-refractivity contribution in [3.05, 3.63) is 0 Å². The van der Waals surface area contributed by atoms with Crippen molar-refractivity contribution in [1.82, 2.24) is 0 Å². The molecule has 0 aliphatic carbocycles. The standard InChI is InChI=1S/C14H27O8PS/c1-8-5-10(18-4)11(20-8)7-19-23(16,24)22-14-9(2)21-12(6-17-3)13(14)15/h8-15H,5-7H2,1-4H3,(H,16,24)/t8-,9-,10-,11+,12+,13+,14-,23?/m0/s1. The van der Waals surface area contributed by atoms with Crippen molar-refractivity contribution in [2.24, 2.45) is 0 Å². The van der Waals surface area contributed by atoms with Gasteiger partial charge in [0.15, 0.2) is 0 Å². The van der Waals surface area contributed by atoms with E-state index in [-0.39, 0.29) is 31.5 Å². The van der Waals surface area contributed by atoms with Crippen molar-refractivity contribution in [2.75, 3.05) is 27.4 Å². The van der Waals surface area contributed by atoms with Crippen LogP contribution in [0.25, 0.3) is 0 Å². The number of hydrogen-bond donors (Lipinski definition) is 2. The minimum absolute atomic E-state index is 0.0564. The predicted molar refractivity (Wildman–Crippen MR) is 89.3 cm³/mol. The Hall–Kier alpha value is 0.330. The first-order chi connectivity index (χ1) is 11.3. The quantitative estimate of drug-likeness (QED) is 0.581. The molecular weight excluding hydrogens is 359 g/mol. The van der Waals surface area contributed by atoms with Crippen molar-refractivity contribution in [2.45, 2.75) is 63.0 Å². The summed E-state index contributed by atoms with van der Waals surface area (Å²) >= 11 is 5.06. The monoisotopic (exact) mass is 386 g/mol. The van der Waals surface area contributed by atoms with Crippen molar-refractivity contribution >= 4 is 18.5 Å². The van der Waals surface area contributed by atoms with E-state index >= 15 is 0 Å². The van der Waals surface area contributed by atoms with Gasteiger partial charge in [-0.05, 0) is 25.7 Å². The molecule has 10 heteroatoms. The zero-order valence-electron chi connectivity index (χ0n) is 14.4. The van der Waals surface area contributed by atoms with E-state index in [1.54, 1.807) is 14.0 Å². The van der Waals surface area contributed by atoms with Gasteiger partial charge in [-0.2, -0.15) is 0 Å². The topological polar surface area (TPSA) is 95.8 Å². The zero-order valence-corrected chi connectivity index (χ0v) is 16.1. The molecule has 142 valence electrons. The smallest absolute Gasteiger partial charge is 0.325 e. The Kier molecular flexibility index (Phi) is 7.58. The number of ether oxygens (including phenoxy) is 4. The van der Waals surface area contributed by atoms with E-state index in [2.05, 4.69) is 0 Å². The Balaban J connectivity index is 1.88. The molecule has 2 aliphatic heterocycles. The molecule has 0 bridgehead atoms. The fourth-order valence-electron chi connectivity index (χ4n) is 3.04. The fraction of sp³-hybridized carbons (Fsp3) is 1.00. The second-order valence-corrected chi connectivity index (χ2v) is 8.95. The molecule has 24 heavy (non-hydrogen) atoms. The Morgan fingerprint density at radius 1 is 1.17 bits per heavy atom. The van der Waals surface area contributed by atoms with Crippen LogP contribution in [0, 0.1) is 0 Å². The van der Waals surface area contributed by atoms with Crippen molar-refractivity contribution in [3.8, 4) is 0 Å². The molecule has 2 N–H and O–H groups in total. The van der Waals surface area contributed by atoms with Crippen LogP contribution in [0.15, 0.2) is 0 Å². The van der Waals surface area contributed by atoms with Crippen LogP contribution in [-0.4, -0.2) is 80.2 Å². The lowest BCUT2D eigenvalue weighted by Gasteiger charge is -2.26. The van der Waals surface area contributed by atoms with Crippen molar-refractivity contribution in [1.29, 1.82) is 0 Å². The second-order valence-electron chi connectivity index (χ2n) is 6.15. The van der Waals surface area contributed by atoms with Crippen LogP contribution in [0.5, 0.6) is 0 Å². The van der Waals surface area contributed by atoms with Gasteiger partial charge in [0, 0.05) is 20.6 Å². The number of rotatable bonds is 8. The van der Waals surface area contributed by atoms with Gasteiger partial charge >= 0.3 is 6.72 Å². The van der Waals surface area contributed by atoms with Crippen LogP contribution in [0.2, 0.25) is 0 Å². The maximum Gasteiger partial charge on any atom is 0.325 e. The average Bonchev–Trinajstić information content (AvgIpc) is 3.00. The third-order valence-corrected chi connectivity index (χ3v) is 5.81. The van der Waals surface area contributed by atoms with E-state index in [0.717, 1.165) is 6.42 Å². The normalized spacial score (nSPS) is 42.3. The molecule has 8 nitrogen and oxygen atoms in total. The maximum absolute atomic E-state index is 10.3. The van der Waals surface area contributed by atoms with Crippen molar-refractivity contribution < 1.29 is 38.0 Å². The van der Waals surface area contributed by atoms with Crippen LogP contribution in [0.1, 0.15) is 20.3 Å². The van der Waals surface area contributed by atoms with Gasteiger partial charge in [-0.15, -0.1) is 0 Å². The third kappa shape index (κ3) is 5.17. The zero-order chi connectivity index (χ0) is 17.9. The van der Waals surface area contributed by atoms with Gasteiger partial charge < -0.3 is 33.5 Å². The Bertz CT molecular complexity index is 452. The van der Waals surface area contributed by atoms with Crippen LogP contribution >= 0.6 is 6.72 Å². The summed E-state index contributed by atoms with van der Waals surface area (Å²) in [4.78, 5) is 10.3. The molecule has 2 heterocycles. The molecule has 2 aliphatic rings. The van der Waals surface area contributed by atoms with Crippen LogP contribution in [0.3, 0.4) is 0 Å². The molecule has 0 amide bonds. The molecule has 0 aromatic carbocycles. The lowest BCUT2D eigenvalue weighted by Crippen LogP contribution is -2.35. The molecule has 2 saturated heterocycles. The number of hydrogen-bond acceptors (Lipinski definition) is 8. The molecule has 0 aromatic heterocycles. The maximum atomic E-state index is 10.3. The lowest BCUT2D eigenvalue weighted by molar-refractivity contribution is -0.0334. The van der Waals surface area contributed by atoms with E-state index in [0.29, 0.717) is 0 Å². The van der Waals surface area contributed by atoms with Gasteiger partial charge in [0.2, 0.25) is 0 Å². The molecule has 1 unspecified atom stereocenters. The van der Waals surface area contributed by atoms with Crippen LogP contribution in [-0.2, 0) is 39.8 Å². The highest BCUT2D eigenvalue weighted by atomic mass is 32.5. The molecule has 0 saturated carbocycles. The van der Waals surface area contributed by atoms with E-state index in [9.17, 15) is 10.00 Å². The Labute approximate surface area is 147 Å². The molecule has 8 atom stereocenters. The summed E-state index contributed by atoms with van der Waals surface area (Å²) in [6.45, 7) is 0.421. The van der Waals surface area contributed by atoms with E-state index in [1.165, 1.54) is 7.11 Å². The first-order valence-corrected chi connectivity index (χ1v) is 10.5. The first-order valence-electron chi connectivity index (χ1n) is 7.94. The number of aliphatic hydroxyl groups excluding tert-OH is 1. The summed E-state index contributed by atoms with van der Waals surface area (Å²) in [5.74, 6) is 0. The van der Waals surface area contributed by atoms with Crippen molar-refractivity contribution in [3.63, 3.8) is 0 Å². The summed E-state index contributed by atoms with van der Waals surface area (Å²) in [6.07, 6.45) is -2.30. The molecule has 2 fully saturated rings. The highest BCUT2D eigenvalue weighted by Gasteiger charge is 2.45. The van der Waals surface area contributed by atoms with E-state index < -0.39 is 31.1 Å². The van der Waals surface area contributed by atoms with E-state index in [4.69, 9.17) is 39.8 Å². The van der Waals surface area contributed by atoms with Crippen LogP contribution < -0.4 is 0 Å². The Morgan fingerprint density at radius 2 is 1.88 bits per heavy atom. The second kappa shape index (κ2) is 8.81. The minimum atomic E-state index is -3.55. The molecule has 0 aromatic rings. The summed E-state index contributed by atoms with van der Waals surface area (Å²) in [6, 6.07) is 0. The SMILES string of the molecule is COC[C@H]1O[C@@H](C)[C@H](OP(O)(=S)OC[C@H]2O[C@@H](C)C[C@@H]2OC)[C@@H]1O. The third-order valence-electron chi connectivity index (χ3n) is 4.25. The minimum Gasteiger partial charge on any atom is -0.387 e. The van der Waals surface area contributed by atoms with Crippen LogP contribution in [0.4, 0.5) is 0 Å². The number of aliphatic hydroxyl groups is 1. The van der Waals surface area contributed by atoms with Gasteiger partial charge in [-0.3, -0.25) is 4.52 Å². The fourth-order valence-corrected chi connectivity index (χ4v) is 4.52. The average molecular weight is 386 g/mol. The van der Waals surface area contributed by atoms with Gasteiger partial charge in [-0.25, -0.2) is 0 Å². The molecular formula is C14H27O8PS. The largest absolute Gasteiger partial charge is 0.387 e. The van der Waals surface area contributed by atoms with Gasteiger partial charge in [-0.1, -0.05) is 0 Å². The Morgan fingerprint density at radius 3 is 2.50 bits per heavy atom. The predicted octanol–water partition coefficient (Wildman–Crippen LogP) is 0.592. The summed E-state index contributed by atoms with van der Waals surface area (Å²) in [7, 11) is 3.12.